The van der Waals surface area contributed by atoms with Gasteiger partial charge in [-0.3, -0.25) is 4.68 Å². The molecule has 3 heterocycles. The van der Waals surface area contributed by atoms with Crippen LogP contribution in [-0.4, -0.2) is 56.0 Å². The molecule has 0 aliphatic rings. The first kappa shape index (κ1) is 25.1. The van der Waals surface area contributed by atoms with Crippen LogP contribution in [0.1, 0.15) is 19.4 Å². The van der Waals surface area contributed by atoms with Gasteiger partial charge in [0.25, 0.3) is 0 Å². The van der Waals surface area contributed by atoms with Gasteiger partial charge in [-0.2, -0.15) is 5.10 Å². The third-order valence-corrected chi connectivity index (χ3v) is 6.00. The van der Waals surface area contributed by atoms with Crippen molar-refractivity contribution < 1.29 is 23.2 Å². The van der Waals surface area contributed by atoms with Crippen LogP contribution in [0.4, 0.5) is 14.6 Å². The van der Waals surface area contributed by atoms with E-state index in [4.69, 9.17) is 4.52 Å². The summed E-state index contributed by atoms with van der Waals surface area (Å²) >= 11 is 0. The molecule has 1 aromatic carbocycles. The van der Waals surface area contributed by atoms with Gasteiger partial charge in [0.15, 0.2) is 17.5 Å². The first-order valence-electron chi connectivity index (χ1n) is 11.4. The van der Waals surface area contributed by atoms with Gasteiger partial charge in [-0.1, -0.05) is 37.2 Å². The Morgan fingerprint density at radius 1 is 1.17 bits per heavy atom. The Hall–Kier alpha value is -3.99. The van der Waals surface area contributed by atoms with Crippen molar-refractivity contribution in [3.63, 3.8) is 0 Å². The first-order chi connectivity index (χ1) is 17.3. The summed E-state index contributed by atoms with van der Waals surface area (Å²) in [7, 11) is 1.61. The Balaban J connectivity index is 1.76. The number of aromatic nitrogens is 5. The quantitative estimate of drug-likeness (QED) is 0.332. The van der Waals surface area contributed by atoms with Crippen LogP contribution in [0, 0.1) is 23.5 Å². The van der Waals surface area contributed by atoms with Gasteiger partial charge in [0.2, 0.25) is 0 Å². The summed E-state index contributed by atoms with van der Waals surface area (Å²) in [4.78, 5) is 21.6. The molecule has 4 aromatic rings. The summed E-state index contributed by atoms with van der Waals surface area (Å²) in [5, 5.41) is 18.2. The van der Waals surface area contributed by atoms with E-state index in [0.717, 1.165) is 6.20 Å². The van der Waals surface area contributed by atoms with Gasteiger partial charge in [-0.15, -0.1) is 0 Å². The first-order valence-corrected chi connectivity index (χ1v) is 11.4. The lowest BCUT2D eigenvalue weighted by atomic mass is 9.90. The van der Waals surface area contributed by atoms with Crippen molar-refractivity contribution >= 4 is 12.1 Å². The van der Waals surface area contributed by atoms with Crippen molar-refractivity contribution in [3.05, 3.63) is 66.1 Å². The largest absolute Gasteiger partial charge is 0.396 e. The van der Waals surface area contributed by atoms with Crippen molar-refractivity contribution in [3.8, 4) is 22.9 Å². The standard InChI is InChI=1S/C25H26F2N6O3/c1-15(2)23(17(13-34)14-35)32(3)25-19(27)11-28-24(29-25)21-10-22(20-8-9-36-31-20)33(30-21)12-16-6-4-5-7-18(16)26/h4-11,13,15,17,23,35H,12,14H2,1-3H3/t17?,23-/m0/s1. The maximum atomic E-state index is 14.9. The minimum Gasteiger partial charge on any atom is -0.396 e. The van der Waals surface area contributed by atoms with Crippen LogP contribution in [0.25, 0.3) is 22.9 Å². The molecule has 11 heteroatoms. The minimum atomic E-state index is -0.730. The van der Waals surface area contributed by atoms with Gasteiger partial charge in [-0.25, -0.2) is 18.7 Å². The second kappa shape index (κ2) is 10.7. The number of carbonyl (C=O) groups is 1. The second-order valence-electron chi connectivity index (χ2n) is 8.74. The number of rotatable bonds is 10. The fraction of sp³-hybridized carbons (Fsp3) is 0.320. The van der Waals surface area contributed by atoms with Gasteiger partial charge in [0.05, 0.1) is 31.0 Å². The normalized spacial score (nSPS) is 13.1. The highest BCUT2D eigenvalue weighted by molar-refractivity contribution is 5.64. The van der Waals surface area contributed by atoms with E-state index >= 15 is 0 Å². The molecule has 36 heavy (non-hydrogen) atoms. The van der Waals surface area contributed by atoms with Crippen LogP contribution >= 0.6 is 0 Å². The average molecular weight is 497 g/mol. The summed E-state index contributed by atoms with van der Waals surface area (Å²) in [6.45, 7) is 3.48. The maximum absolute atomic E-state index is 14.9. The zero-order valence-electron chi connectivity index (χ0n) is 20.0. The molecule has 0 saturated carbocycles. The average Bonchev–Trinajstić information content (AvgIpc) is 3.54. The van der Waals surface area contributed by atoms with Crippen LogP contribution in [0.3, 0.4) is 0 Å². The number of halogens is 2. The van der Waals surface area contributed by atoms with Crippen LogP contribution in [0.15, 0.2) is 53.4 Å². The lowest BCUT2D eigenvalue weighted by Gasteiger charge is -2.35. The molecule has 9 nitrogen and oxygen atoms in total. The van der Waals surface area contributed by atoms with Crippen LogP contribution in [-0.2, 0) is 11.3 Å². The van der Waals surface area contributed by atoms with Crippen molar-refractivity contribution in [1.82, 2.24) is 24.9 Å². The van der Waals surface area contributed by atoms with E-state index in [-0.39, 0.29) is 36.5 Å². The molecule has 188 valence electrons. The molecule has 2 atom stereocenters. The van der Waals surface area contributed by atoms with Gasteiger partial charge >= 0.3 is 0 Å². The number of aliphatic hydroxyl groups excluding tert-OH is 1. The van der Waals surface area contributed by atoms with Crippen molar-refractivity contribution in [2.75, 3.05) is 18.6 Å². The van der Waals surface area contributed by atoms with E-state index in [0.29, 0.717) is 28.9 Å². The number of carbonyl (C=O) groups excluding carboxylic acids is 1. The number of hydrogen-bond acceptors (Lipinski definition) is 8. The van der Waals surface area contributed by atoms with Crippen molar-refractivity contribution in [2.24, 2.45) is 11.8 Å². The minimum absolute atomic E-state index is 0.0364. The molecule has 0 radical (unpaired) electrons. The van der Waals surface area contributed by atoms with Gasteiger partial charge in [0.1, 0.15) is 29.8 Å². The molecule has 4 rings (SSSR count). The maximum Gasteiger partial charge on any atom is 0.183 e. The van der Waals surface area contributed by atoms with Gasteiger partial charge < -0.3 is 19.3 Å². The number of anilines is 1. The van der Waals surface area contributed by atoms with Gasteiger partial charge in [-0.05, 0) is 18.1 Å². The van der Waals surface area contributed by atoms with Crippen molar-refractivity contribution in [1.29, 1.82) is 0 Å². The Morgan fingerprint density at radius 2 is 1.94 bits per heavy atom. The van der Waals surface area contributed by atoms with E-state index in [1.807, 2.05) is 13.8 Å². The third kappa shape index (κ3) is 5.01. The number of nitrogens with zero attached hydrogens (tertiary/aromatic N) is 6. The van der Waals surface area contributed by atoms with E-state index in [2.05, 4.69) is 20.2 Å². The monoisotopic (exact) mass is 496 g/mol. The highest BCUT2D eigenvalue weighted by Crippen LogP contribution is 2.29. The number of hydrogen-bond donors (Lipinski definition) is 1. The molecule has 0 saturated heterocycles. The molecule has 0 spiro atoms. The van der Waals surface area contributed by atoms with Crippen LogP contribution in [0.2, 0.25) is 0 Å². The number of aldehydes is 1. The molecule has 1 unspecified atom stereocenters. The predicted molar refractivity (Wildman–Crippen MR) is 128 cm³/mol. The SMILES string of the molecule is CC(C)[C@@H](C(C=O)CO)N(C)c1nc(-c2cc(-c3ccon3)n(Cc3ccccc3F)n2)ncc1F. The van der Waals surface area contributed by atoms with E-state index in [1.165, 1.54) is 17.2 Å². The summed E-state index contributed by atoms with van der Waals surface area (Å²) in [5.74, 6) is -1.79. The van der Waals surface area contributed by atoms with Gasteiger partial charge in [0, 0.05) is 24.7 Å². The molecular formula is C25H26F2N6O3. The highest BCUT2D eigenvalue weighted by atomic mass is 19.1. The molecule has 0 fully saturated rings. The molecule has 0 aliphatic heterocycles. The van der Waals surface area contributed by atoms with E-state index in [9.17, 15) is 18.7 Å². The number of aliphatic hydroxyl groups is 1. The lowest BCUT2D eigenvalue weighted by Crippen LogP contribution is -2.45. The molecule has 0 amide bonds. The Bertz CT molecular complexity index is 1330. The molecule has 3 aromatic heterocycles. The summed E-state index contributed by atoms with van der Waals surface area (Å²) in [6, 6.07) is 9.16. The van der Waals surface area contributed by atoms with E-state index in [1.54, 1.807) is 42.1 Å². The predicted octanol–water partition coefficient (Wildman–Crippen LogP) is 3.59. The third-order valence-electron chi connectivity index (χ3n) is 6.00. The molecule has 1 N–H and O–H groups in total. The zero-order chi connectivity index (χ0) is 25.8. The zero-order valence-corrected chi connectivity index (χ0v) is 20.0. The second-order valence-corrected chi connectivity index (χ2v) is 8.74. The van der Waals surface area contributed by atoms with Crippen LogP contribution < -0.4 is 4.90 Å². The molecule has 0 bridgehead atoms. The Kier molecular flexibility index (Phi) is 7.49. The highest BCUT2D eigenvalue weighted by Gasteiger charge is 2.30. The smallest absolute Gasteiger partial charge is 0.183 e. The lowest BCUT2D eigenvalue weighted by molar-refractivity contribution is -0.113. The molecular weight excluding hydrogens is 470 g/mol. The number of benzene rings is 1. The molecule has 0 aliphatic carbocycles. The van der Waals surface area contributed by atoms with E-state index < -0.39 is 17.8 Å². The summed E-state index contributed by atoms with van der Waals surface area (Å²) in [5.41, 5.74) is 1.74. The fourth-order valence-corrected chi connectivity index (χ4v) is 4.32. The topological polar surface area (TPSA) is 110 Å². The summed E-state index contributed by atoms with van der Waals surface area (Å²) in [6.07, 6.45) is 3.11. The fourth-order valence-electron chi connectivity index (χ4n) is 4.32. The summed E-state index contributed by atoms with van der Waals surface area (Å²) < 4.78 is 35.7. The van der Waals surface area contributed by atoms with Crippen LogP contribution in [0.5, 0.6) is 0 Å². The Labute approximate surface area is 206 Å². The Morgan fingerprint density at radius 3 is 2.58 bits per heavy atom. The van der Waals surface area contributed by atoms with Crippen molar-refractivity contribution in [2.45, 2.75) is 26.4 Å².